The number of hydrogen-bond donors (Lipinski definition) is 0. The summed E-state index contributed by atoms with van der Waals surface area (Å²) in [6, 6.07) is 0. The van der Waals surface area contributed by atoms with Gasteiger partial charge in [-0.3, -0.25) is 4.79 Å². The van der Waals surface area contributed by atoms with Crippen LogP contribution in [-0.4, -0.2) is 5.78 Å². The zero-order valence-electron chi connectivity index (χ0n) is 11.0. The standard InChI is InChI=1S/C15H24O/c1-10-5-6-13-11(7-10)8-12(9-14(13)16)15(2,3)4/h5,11-13H,6-9H2,1-4H3/t11-,12+,13+/m0/s1. The molecule has 0 aromatic rings. The van der Waals surface area contributed by atoms with Crippen LogP contribution in [0, 0.1) is 23.2 Å². The van der Waals surface area contributed by atoms with Crippen molar-refractivity contribution in [3.05, 3.63) is 11.6 Å². The summed E-state index contributed by atoms with van der Waals surface area (Å²) in [5.74, 6) is 2.10. The Morgan fingerprint density at radius 2 is 1.94 bits per heavy atom. The van der Waals surface area contributed by atoms with Crippen LogP contribution in [0.3, 0.4) is 0 Å². The summed E-state index contributed by atoms with van der Waals surface area (Å²) in [5, 5.41) is 0. The summed E-state index contributed by atoms with van der Waals surface area (Å²) >= 11 is 0. The molecule has 0 spiro atoms. The van der Waals surface area contributed by atoms with Gasteiger partial charge in [0.15, 0.2) is 0 Å². The van der Waals surface area contributed by atoms with Gasteiger partial charge in [-0.05, 0) is 43.4 Å². The summed E-state index contributed by atoms with van der Waals surface area (Å²) in [6.45, 7) is 9.03. The van der Waals surface area contributed by atoms with Crippen LogP contribution in [0.4, 0.5) is 0 Å². The molecule has 0 unspecified atom stereocenters. The second-order valence-corrected chi connectivity index (χ2v) is 6.83. The molecule has 2 aliphatic rings. The molecule has 0 aliphatic heterocycles. The first kappa shape index (κ1) is 11.9. The van der Waals surface area contributed by atoms with Gasteiger partial charge in [-0.15, -0.1) is 0 Å². The molecule has 0 aromatic heterocycles. The van der Waals surface area contributed by atoms with Crippen LogP contribution in [0.5, 0.6) is 0 Å². The van der Waals surface area contributed by atoms with Crippen LogP contribution in [-0.2, 0) is 4.79 Å². The summed E-state index contributed by atoms with van der Waals surface area (Å²) in [5.41, 5.74) is 1.78. The number of Topliss-reactive ketones (excluding diaryl/α,β-unsaturated/α-hetero) is 1. The second kappa shape index (κ2) is 4.01. The van der Waals surface area contributed by atoms with Crippen molar-refractivity contribution < 1.29 is 4.79 Å². The maximum Gasteiger partial charge on any atom is 0.136 e. The SMILES string of the molecule is CC1=CC[C@H]2C(=O)C[C@H](C(C)(C)C)C[C@@H]2C1. The van der Waals surface area contributed by atoms with Gasteiger partial charge in [-0.2, -0.15) is 0 Å². The molecule has 0 heterocycles. The lowest BCUT2D eigenvalue weighted by Crippen LogP contribution is -2.39. The van der Waals surface area contributed by atoms with E-state index in [1.165, 1.54) is 12.0 Å². The molecule has 1 saturated carbocycles. The fraction of sp³-hybridized carbons (Fsp3) is 0.800. The van der Waals surface area contributed by atoms with E-state index in [9.17, 15) is 4.79 Å². The Balaban J connectivity index is 2.15. The van der Waals surface area contributed by atoms with Gasteiger partial charge in [0, 0.05) is 12.3 Å². The lowest BCUT2D eigenvalue weighted by molar-refractivity contribution is -0.130. The molecule has 0 N–H and O–H groups in total. The average molecular weight is 220 g/mol. The number of carbonyl (C=O) groups excluding carboxylic acids is 1. The van der Waals surface area contributed by atoms with E-state index in [2.05, 4.69) is 33.8 Å². The summed E-state index contributed by atoms with van der Waals surface area (Å²) in [4.78, 5) is 12.2. The molecule has 1 heteroatoms. The van der Waals surface area contributed by atoms with Gasteiger partial charge < -0.3 is 0 Å². The molecule has 0 saturated heterocycles. The number of ketones is 1. The topological polar surface area (TPSA) is 17.1 Å². The van der Waals surface area contributed by atoms with Crippen molar-refractivity contribution in [2.75, 3.05) is 0 Å². The number of allylic oxidation sites excluding steroid dienone is 2. The van der Waals surface area contributed by atoms with E-state index in [4.69, 9.17) is 0 Å². The zero-order valence-corrected chi connectivity index (χ0v) is 11.0. The van der Waals surface area contributed by atoms with E-state index in [0.29, 0.717) is 23.5 Å². The van der Waals surface area contributed by atoms with E-state index >= 15 is 0 Å². The Labute approximate surface area is 99.3 Å². The Hall–Kier alpha value is -0.590. The van der Waals surface area contributed by atoms with Crippen molar-refractivity contribution in [3.63, 3.8) is 0 Å². The van der Waals surface area contributed by atoms with Crippen molar-refractivity contribution in [3.8, 4) is 0 Å². The smallest absolute Gasteiger partial charge is 0.136 e. The largest absolute Gasteiger partial charge is 0.299 e. The molecule has 1 nitrogen and oxygen atoms in total. The van der Waals surface area contributed by atoms with Crippen molar-refractivity contribution in [2.45, 2.75) is 53.4 Å². The number of hydrogen-bond acceptors (Lipinski definition) is 1. The minimum atomic E-state index is 0.287. The molecule has 0 amide bonds. The van der Waals surface area contributed by atoms with Crippen molar-refractivity contribution in [1.82, 2.24) is 0 Å². The van der Waals surface area contributed by atoms with Crippen LogP contribution in [0.2, 0.25) is 0 Å². The summed E-state index contributed by atoms with van der Waals surface area (Å²) in [7, 11) is 0. The van der Waals surface area contributed by atoms with Crippen LogP contribution < -0.4 is 0 Å². The molecule has 90 valence electrons. The second-order valence-electron chi connectivity index (χ2n) is 6.83. The highest BCUT2D eigenvalue weighted by Gasteiger charge is 2.41. The highest BCUT2D eigenvalue weighted by molar-refractivity contribution is 5.82. The van der Waals surface area contributed by atoms with E-state index < -0.39 is 0 Å². The quantitative estimate of drug-likeness (QED) is 0.564. The third kappa shape index (κ3) is 2.23. The first-order chi connectivity index (χ1) is 7.38. The third-order valence-electron chi connectivity index (χ3n) is 4.55. The first-order valence-electron chi connectivity index (χ1n) is 6.56. The molecule has 0 radical (unpaired) electrons. The molecule has 2 aliphatic carbocycles. The van der Waals surface area contributed by atoms with E-state index in [1.807, 2.05) is 0 Å². The molecule has 0 aromatic carbocycles. The third-order valence-corrected chi connectivity index (χ3v) is 4.55. The summed E-state index contributed by atoms with van der Waals surface area (Å²) < 4.78 is 0. The minimum Gasteiger partial charge on any atom is -0.299 e. The molecular formula is C15H24O. The Bertz CT molecular complexity index is 319. The van der Waals surface area contributed by atoms with E-state index in [-0.39, 0.29) is 5.41 Å². The van der Waals surface area contributed by atoms with Gasteiger partial charge in [-0.25, -0.2) is 0 Å². The summed E-state index contributed by atoms with van der Waals surface area (Å²) in [6.07, 6.45) is 6.51. The molecular weight excluding hydrogens is 196 g/mol. The van der Waals surface area contributed by atoms with Gasteiger partial charge in [0.1, 0.15) is 5.78 Å². The van der Waals surface area contributed by atoms with Crippen LogP contribution in [0.25, 0.3) is 0 Å². The van der Waals surface area contributed by atoms with Gasteiger partial charge in [0.05, 0.1) is 0 Å². The first-order valence-corrected chi connectivity index (χ1v) is 6.56. The predicted molar refractivity (Wildman–Crippen MR) is 67.2 cm³/mol. The molecule has 0 bridgehead atoms. The lowest BCUT2D eigenvalue weighted by Gasteiger charge is -2.42. The van der Waals surface area contributed by atoms with Crippen LogP contribution in [0.15, 0.2) is 11.6 Å². The zero-order chi connectivity index (χ0) is 11.9. The van der Waals surface area contributed by atoms with Gasteiger partial charge in [-0.1, -0.05) is 32.4 Å². The van der Waals surface area contributed by atoms with Crippen LogP contribution in [0.1, 0.15) is 53.4 Å². The number of rotatable bonds is 0. The molecule has 1 fully saturated rings. The van der Waals surface area contributed by atoms with Gasteiger partial charge in [0.25, 0.3) is 0 Å². The molecule has 2 rings (SSSR count). The fourth-order valence-corrected chi connectivity index (χ4v) is 3.30. The highest BCUT2D eigenvalue weighted by Crippen LogP contribution is 2.45. The normalized spacial score (nSPS) is 35.6. The number of carbonyl (C=O) groups is 1. The van der Waals surface area contributed by atoms with Gasteiger partial charge in [0.2, 0.25) is 0 Å². The Morgan fingerprint density at radius 3 is 2.56 bits per heavy atom. The fourth-order valence-electron chi connectivity index (χ4n) is 3.30. The van der Waals surface area contributed by atoms with E-state index in [1.54, 1.807) is 0 Å². The van der Waals surface area contributed by atoms with Crippen molar-refractivity contribution >= 4 is 5.78 Å². The Morgan fingerprint density at radius 1 is 1.25 bits per heavy atom. The lowest BCUT2D eigenvalue weighted by atomic mass is 9.62. The average Bonchev–Trinajstić information content (AvgIpc) is 2.15. The van der Waals surface area contributed by atoms with Crippen LogP contribution >= 0.6 is 0 Å². The Kier molecular flexibility index (Phi) is 2.98. The van der Waals surface area contributed by atoms with E-state index in [0.717, 1.165) is 19.3 Å². The van der Waals surface area contributed by atoms with Crippen molar-refractivity contribution in [2.24, 2.45) is 23.2 Å². The minimum absolute atomic E-state index is 0.287. The molecule has 16 heavy (non-hydrogen) atoms. The van der Waals surface area contributed by atoms with Crippen molar-refractivity contribution in [1.29, 1.82) is 0 Å². The number of fused-ring (bicyclic) bond motifs is 1. The highest BCUT2D eigenvalue weighted by atomic mass is 16.1. The molecule has 3 atom stereocenters. The van der Waals surface area contributed by atoms with Gasteiger partial charge >= 0.3 is 0 Å². The predicted octanol–water partition coefficient (Wildman–Crippen LogP) is 3.98. The monoisotopic (exact) mass is 220 g/mol. The maximum absolute atomic E-state index is 12.2. The maximum atomic E-state index is 12.2.